The molecule has 27 heavy (non-hydrogen) atoms. The number of benzene rings is 2. The molecule has 0 aromatic heterocycles. The summed E-state index contributed by atoms with van der Waals surface area (Å²) in [6.07, 6.45) is 0. The first-order valence-electron chi connectivity index (χ1n) is 9.59. The molecule has 2 aromatic rings. The summed E-state index contributed by atoms with van der Waals surface area (Å²) in [6, 6.07) is 16.4. The number of rotatable bonds is 4. The minimum absolute atomic E-state index is 0.113. The molecule has 1 N–H and O–H groups in total. The first kappa shape index (κ1) is 19.6. The zero-order valence-electron chi connectivity index (χ0n) is 17.0. The Kier molecular flexibility index (Phi) is 5.45. The van der Waals surface area contributed by atoms with E-state index in [2.05, 4.69) is 57.4 Å². The fourth-order valence-corrected chi connectivity index (χ4v) is 4.01. The van der Waals surface area contributed by atoms with Gasteiger partial charge in [-0.15, -0.1) is 0 Å². The van der Waals surface area contributed by atoms with E-state index in [4.69, 9.17) is 4.43 Å². The number of carbonyl (C=O) groups excluding carboxylic acids is 1. The maximum absolute atomic E-state index is 12.4. The van der Waals surface area contributed by atoms with Crippen LogP contribution in [0.15, 0.2) is 48.5 Å². The van der Waals surface area contributed by atoms with Crippen LogP contribution in [0.3, 0.4) is 0 Å². The van der Waals surface area contributed by atoms with Gasteiger partial charge >= 0.3 is 0 Å². The van der Waals surface area contributed by atoms with Gasteiger partial charge in [0, 0.05) is 18.7 Å². The molecular weight excluding hydrogens is 352 g/mol. The number of nitrogens with zero attached hydrogens (tertiary/aromatic N) is 1. The number of anilines is 1. The molecule has 5 heteroatoms. The Balaban J connectivity index is 1.95. The van der Waals surface area contributed by atoms with E-state index in [1.54, 1.807) is 0 Å². The standard InChI is InChI=1S/C22H30N2O2Si/c1-22(2,3)27(4,5)26-18-10-8-9-17(15-18)19-11-6-7-12-20(19)24-14-13-23-16-21(24)25/h6-12,15,23H,13-14,16H2,1-5H3. The highest BCUT2D eigenvalue weighted by Gasteiger charge is 2.39. The minimum Gasteiger partial charge on any atom is -0.543 e. The largest absolute Gasteiger partial charge is 0.543 e. The number of carbonyl (C=O) groups is 1. The molecule has 1 aliphatic rings. The zero-order valence-corrected chi connectivity index (χ0v) is 18.0. The van der Waals surface area contributed by atoms with Crippen molar-refractivity contribution in [2.24, 2.45) is 0 Å². The molecule has 4 nitrogen and oxygen atoms in total. The lowest BCUT2D eigenvalue weighted by molar-refractivity contribution is -0.118. The molecule has 1 amide bonds. The summed E-state index contributed by atoms with van der Waals surface area (Å²) >= 11 is 0. The molecule has 0 spiro atoms. The fourth-order valence-electron chi connectivity index (χ4n) is 2.99. The average molecular weight is 383 g/mol. The summed E-state index contributed by atoms with van der Waals surface area (Å²) in [6.45, 7) is 13.1. The predicted molar refractivity (Wildman–Crippen MR) is 115 cm³/mol. The quantitative estimate of drug-likeness (QED) is 0.781. The summed E-state index contributed by atoms with van der Waals surface area (Å²) in [4.78, 5) is 14.3. The highest BCUT2D eigenvalue weighted by atomic mass is 28.4. The molecule has 0 saturated carbocycles. The molecule has 0 aliphatic carbocycles. The van der Waals surface area contributed by atoms with Crippen molar-refractivity contribution in [1.82, 2.24) is 5.32 Å². The Morgan fingerprint density at radius 1 is 1.07 bits per heavy atom. The number of nitrogens with one attached hydrogen (secondary N) is 1. The summed E-state index contributed by atoms with van der Waals surface area (Å²) in [5, 5.41) is 3.28. The number of para-hydroxylation sites is 1. The maximum atomic E-state index is 12.4. The van der Waals surface area contributed by atoms with E-state index >= 15 is 0 Å². The Morgan fingerprint density at radius 2 is 1.81 bits per heavy atom. The van der Waals surface area contributed by atoms with Gasteiger partial charge in [-0.25, -0.2) is 0 Å². The normalized spacial score (nSPS) is 15.7. The van der Waals surface area contributed by atoms with E-state index in [9.17, 15) is 4.79 Å². The molecule has 0 radical (unpaired) electrons. The molecule has 0 atom stereocenters. The van der Waals surface area contributed by atoms with Gasteiger partial charge in [-0.3, -0.25) is 4.79 Å². The smallest absolute Gasteiger partial charge is 0.250 e. The molecule has 0 bridgehead atoms. The van der Waals surface area contributed by atoms with E-state index in [-0.39, 0.29) is 10.9 Å². The third-order valence-corrected chi connectivity index (χ3v) is 9.97. The van der Waals surface area contributed by atoms with E-state index in [0.717, 1.165) is 29.1 Å². The van der Waals surface area contributed by atoms with Crippen molar-refractivity contribution < 1.29 is 9.22 Å². The van der Waals surface area contributed by atoms with Gasteiger partial charge < -0.3 is 14.6 Å². The first-order chi connectivity index (χ1) is 12.7. The molecule has 2 aromatic carbocycles. The van der Waals surface area contributed by atoms with E-state index < -0.39 is 8.32 Å². The average Bonchev–Trinajstić information content (AvgIpc) is 2.61. The molecule has 1 aliphatic heterocycles. The summed E-state index contributed by atoms with van der Waals surface area (Å²) < 4.78 is 6.48. The monoisotopic (exact) mass is 382 g/mol. The van der Waals surface area contributed by atoms with E-state index in [0.29, 0.717) is 13.1 Å². The van der Waals surface area contributed by atoms with Gasteiger partial charge in [0.15, 0.2) is 0 Å². The van der Waals surface area contributed by atoms with E-state index in [1.807, 2.05) is 35.2 Å². The van der Waals surface area contributed by atoms with Crippen molar-refractivity contribution in [3.05, 3.63) is 48.5 Å². The van der Waals surface area contributed by atoms with Crippen LogP contribution in [0.25, 0.3) is 11.1 Å². The van der Waals surface area contributed by atoms with Gasteiger partial charge in [0.2, 0.25) is 14.2 Å². The van der Waals surface area contributed by atoms with Crippen LogP contribution in [-0.4, -0.2) is 33.9 Å². The van der Waals surface area contributed by atoms with Crippen LogP contribution in [0.4, 0.5) is 5.69 Å². The number of hydrogen-bond acceptors (Lipinski definition) is 3. The lowest BCUT2D eigenvalue weighted by atomic mass is 10.0. The summed E-state index contributed by atoms with van der Waals surface area (Å²) in [5.41, 5.74) is 3.11. The Hall–Kier alpha value is -2.11. The summed E-state index contributed by atoms with van der Waals surface area (Å²) in [7, 11) is -1.90. The minimum atomic E-state index is -1.90. The predicted octanol–water partition coefficient (Wildman–Crippen LogP) is 4.67. The van der Waals surface area contributed by atoms with Gasteiger partial charge in [-0.2, -0.15) is 0 Å². The number of hydrogen-bond donors (Lipinski definition) is 1. The van der Waals surface area contributed by atoms with Crippen LogP contribution in [0, 0.1) is 0 Å². The molecule has 144 valence electrons. The number of piperazine rings is 1. The SMILES string of the molecule is CC(C)(C)[Si](C)(C)Oc1cccc(-c2ccccc2N2CCNCC2=O)c1. The number of amides is 1. The molecule has 1 fully saturated rings. The first-order valence-corrected chi connectivity index (χ1v) is 12.5. The van der Waals surface area contributed by atoms with Crippen molar-refractivity contribution in [2.75, 3.05) is 24.5 Å². The third kappa shape index (κ3) is 4.25. The molecule has 0 unspecified atom stereocenters. The van der Waals surface area contributed by atoms with Crippen LogP contribution < -0.4 is 14.6 Å². The fraction of sp³-hybridized carbons (Fsp3) is 0.409. The Bertz CT molecular complexity index is 827. The Labute approximate surface area is 163 Å². The molecule has 1 saturated heterocycles. The van der Waals surface area contributed by atoms with Gasteiger partial charge in [0.05, 0.1) is 12.2 Å². The van der Waals surface area contributed by atoms with Gasteiger partial charge in [-0.05, 0) is 41.9 Å². The highest BCUT2D eigenvalue weighted by molar-refractivity contribution is 6.74. The second-order valence-electron chi connectivity index (χ2n) is 8.63. The van der Waals surface area contributed by atoms with Crippen molar-refractivity contribution in [1.29, 1.82) is 0 Å². The summed E-state index contributed by atoms with van der Waals surface area (Å²) in [5.74, 6) is 1.02. The lowest BCUT2D eigenvalue weighted by Gasteiger charge is -2.36. The van der Waals surface area contributed by atoms with Gasteiger partial charge in [0.1, 0.15) is 5.75 Å². The zero-order chi connectivity index (χ0) is 19.7. The topological polar surface area (TPSA) is 41.6 Å². The maximum Gasteiger partial charge on any atom is 0.250 e. The Morgan fingerprint density at radius 3 is 2.52 bits per heavy atom. The van der Waals surface area contributed by atoms with Crippen LogP contribution in [0.5, 0.6) is 5.75 Å². The van der Waals surface area contributed by atoms with Crippen LogP contribution in [0.1, 0.15) is 20.8 Å². The van der Waals surface area contributed by atoms with Crippen LogP contribution >= 0.6 is 0 Å². The van der Waals surface area contributed by atoms with Crippen molar-refractivity contribution in [3.63, 3.8) is 0 Å². The van der Waals surface area contributed by atoms with Crippen LogP contribution in [0.2, 0.25) is 18.1 Å². The lowest BCUT2D eigenvalue weighted by Crippen LogP contribution is -2.48. The van der Waals surface area contributed by atoms with Crippen molar-refractivity contribution >= 4 is 19.9 Å². The molecular formula is C22H30N2O2Si. The highest BCUT2D eigenvalue weighted by Crippen LogP contribution is 2.39. The van der Waals surface area contributed by atoms with Gasteiger partial charge in [-0.1, -0.05) is 51.1 Å². The van der Waals surface area contributed by atoms with Crippen molar-refractivity contribution in [2.45, 2.75) is 38.9 Å². The third-order valence-electron chi connectivity index (χ3n) is 5.61. The van der Waals surface area contributed by atoms with Crippen molar-refractivity contribution in [3.8, 4) is 16.9 Å². The van der Waals surface area contributed by atoms with Gasteiger partial charge in [0.25, 0.3) is 0 Å². The second kappa shape index (κ2) is 7.48. The second-order valence-corrected chi connectivity index (χ2v) is 13.4. The van der Waals surface area contributed by atoms with Crippen LogP contribution in [-0.2, 0) is 4.79 Å². The van der Waals surface area contributed by atoms with E-state index in [1.165, 1.54) is 0 Å². The molecule has 3 rings (SSSR count). The molecule has 1 heterocycles.